The van der Waals surface area contributed by atoms with Crippen LogP contribution in [0.3, 0.4) is 0 Å². The molecule has 1 aliphatic rings. The van der Waals surface area contributed by atoms with Crippen LogP contribution in [0.5, 0.6) is 0 Å². The number of anilines is 1. The van der Waals surface area contributed by atoms with E-state index < -0.39 is 11.6 Å². The van der Waals surface area contributed by atoms with E-state index in [4.69, 9.17) is 4.98 Å². The van der Waals surface area contributed by atoms with Gasteiger partial charge in [0, 0.05) is 36.7 Å². The zero-order valence-corrected chi connectivity index (χ0v) is 19.1. The molecule has 2 aromatic heterocycles. The second-order valence-electron chi connectivity index (χ2n) is 8.00. The number of nitrogens with one attached hydrogen (secondary N) is 1. The molecule has 0 amide bonds. The van der Waals surface area contributed by atoms with Gasteiger partial charge in [0.1, 0.15) is 11.6 Å². The van der Waals surface area contributed by atoms with E-state index in [1.807, 2.05) is 18.3 Å². The molecular formula is C26H22F2N4S. The first kappa shape index (κ1) is 21.4. The highest BCUT2D eigenvalue weighted by Gasteiger charge is 2.23. The maximum absolute atomic E-state index is 14.4. The number of aromatic nitrogens is 2. The number of rotatable bonds is 4. The van der Waals surface area contributed by atoms with Crippen LogP contribution in [0, 0.1) is 11.6 Å². The average molecular weight is 461 g/mol. The van der Waals surface area contributed by atoms with Gasteiger partial charge in [0.25, 0.3) is 0 Å². The van der Waals surface area contributed by atoms with Crippen molar-refractivity contribution in [1.29, 1.82) is 0 Å². The van der Waals surface area contributed by atoms with Crippen LogP contribution in [0.1, 0.15) is 23.7 Å². The normalized spacial score (nSPS) is 13.9. The van der Waals surface area contributed by atoms with E-state index in [1.165, 1.54) is 35.1 Å². The van der Waals surface area contributed by atoms with E-state index in [1.54, 1.807) is 19.2 Å². The van der Waals surface area contributed by atoms with E-state index in [9.17, 15) is 8.78 Å². The molecular weight excluding hydrogens is 438 g/mol. The van der Waals surface area contributed by atoms with Crippen molar-refractivity contribution in [2.24, 2.45) is 0 Å². The molecule has 0 bridgehead atoms. The van der Waals surface area contributed by atoms with Crippen molar-refractivity contribution < 1.29 is 8.78 Å². The van der Waals surface area contributed by atoms with E-state index in [-0.39, 0.29) is 5.56 Å². The molecule has 0 saturated carbocycles. The van der Waals surface area contributed by atoms with Crippen molar-refractivity contribution in [2.75, 3.05) is 12.4 Å². The van der Waals surface area contributed by atoms with Gasteiger partial charge in [-0.1, -0.05) is 41.7 Å². The number of halogens is 2. The monoisotopic (exact) mass is 460 g/mol. The molecule has 7 heteroatoms. The number of fused-ring (bicyclic) bond motifs is 3. The third kappa shape index (κ3) is 4.17. The molecule has 4 aromatic rings. The first-order valence-corrected chi connectivity index (χ1v) is 11.4. The summed E-state index contributed by atoms with van der Waals surface area (Å²) in [5.74, 6) is -1.22. The van der Waals surface area contributed by atoms with Crippen LogP contribution >= 0.6 is 11.3 Å². The standard InChI is InChI=1S/C26H22F2N4S/c1-3-22(24-20(27)7-4-8-21(24)28)30-26-31-23-15-32(2)14-18-10-9-16(12-19(18)25(23)33-26)17-6-5-11-29-13-17/h3-13H,14-15H2,1-2H3,(H,30,31)/b22-3+. The SMILES string of the molecule is C/C=C(/Nc1nc2c(s1)-c1cc(-c3cccnc3)ccc1CN(C)C2)c1c(F)cccc1F. The Hall–Kier alpha value is -3.42. The van der Waals surface area contributed by atoms with Crippen molar-refractivity contribution in [2.45, 2.75) is 20.0 Å². The lowest BCUT2D eigenvalue weighted by Crippen LogP contribution is -2.16. The summed E-state index contributed by atoms with van der Waals surface area (Å²) in [7, 11) is 2.06. The van der Waals surface area contributed by atoms with Crippen molar-refractivity contribution in [3.8, 4) is 21.6 Å². The smallest absolute Gasteiger partial charge is 0.188 e. The van der Waals surface area contributed by atoms with Gasteiger partial charge in [-0.05, 0) is 54.9 Å². The van der Waals surface area contributed by atoms with Crippen molar-refractivity contribution >= 4 is 22.2 Å². The fourth-order valence-electron chi connectivity index (χ4n) is 4.11. The predicted octanol–water partition coefficient (Wildman–Crippen LogP) is 6.57. The molecule has 0 aliphatic carbocycles. The molecule has 0 spiro atoms. The maximum Gasteiger partial charge on any atom is 0.188 e. The molecule has 0 radical (unpaired) electrons. The molecule has 0 atom stereocenters. The van der Waals surface area contributed by atoms with Gasteiger partial charge in [0.2, 0.25) is 0 Å². The molecule has 0 fully saturated rings. The molecule has 0 saturated heterocycles. The molecule has 4 nitrogen and oxygen atoms in total. The highest BCUT2D eigenvalue weighted by molar-refractivity contribution is 7.19. The van der Waals surface area contributed by atoms with Crippen LogP contribution in [0.2, 0.25) is 0 Å². The Morgan fingerprint density at radius 3 is 2.61 bits per heavy atom. The first-order valence-electron chi connectivity index (χ1n) is 10.6. The van der Waals surface area contributed by atoms with Crippen LogP contribution in [0.25, 0.3) is 27.3 Å². The van der Waals surface area contributed by atoms with Gasteiger partial charge >= 0.3 is 0 Å². The molecule has 2 aromatic carbocycles. The zero-order chi connectivity index (χ0) is 22.9. The van der Waals surface area contributed by atoms with Crippen LogP contribution in [-0.2, 0) is 13.1 Å². The van der Waals surface area contributed by atoms with Gasteiger partial charge in [0.05, 0.1) is 16.1 Å². The molecule has 1 aliphatic heterocycles. The Labute approximate surface area is 195 Å². The van der Waals surface area contributed by atoms with Gasteiger partial charge in [-0.2, -0.15) is 0 Å². The highest BCUT2D eigenvalue weighted by atomic mass is 32.1. The minimum Gasteiger partial charge on any atom is -0.331 e. The summed E-state index contributed by atoms with van der Waals surface area (Å²) in [6.07, 6.45) is 5.28. The van der Waals surface area contributed by atoms with Crippen LogP contribution < -0.4 is 5.32 Å². The Balaban J connectivity index is 1.56. The van der Waals surface area contributed by atoms with Gasteiger partial charge in [-0.3, -0.25) is 9.88 Å². The first-order chi connectivity index (χ1) is 16.0. The summed E-state index contributed by atoms with van der Waals surface area (Å²) in [5.41, 5.74) is 5.69. The number of hydrogen-bond acceptors (Lipinski definition) is 5. The lowest BCUT2D eigenvalue weighted by molar-refractivity contribution is 0.319. The summed E-state index contributed by atoms with van der Waals surface area (Å²) < 4.78 is 28.8. The minimum absolute atomic E-state index is 0.0817. The van der Waals surface area contributed by atoms with E-state index in [0.717, 1.165) is 33.8 Å². The summed E-state index contributed by atoms with van der Waals surface area (Å²) in [6.45, 7) is 3.24. The second kappa shape index (κ2) is 8.84. The largest absolute Gasteiger partial charge is 0.331 e. The summed E-state index contributed by atoms with van der Waals surface area (Å²) in [5, 5.41) is 3.76. The lowest BCUT2D eigenvalue weighted by Gasteiger charge is -2.14. The third-order valence-electron chi connectivity index (χ3n) is 5.67. The quantitative estimate of drug-likeness (QED) is 0.374. The van der Waals surface area contributed by atoms with Crippen molar-refractivity contribution in [3.05, 3.63) is 95.5 Å². The van der Waals surface area contributed by atoms with E-state index >= 15 is 0 Å². The Bertz CT molecular complexity index is 1330. The molecule has 1 N–H and O–H groups in total. The molecule has 3 heterocycles. The Morgan fingerprint density at radius 2 is 1.88 bits per heavy atom. The zero-order valence-electron chi connectivity index (χ0n) is 18.3. The minimum atomic E-state index is -0.611. The Kier molecular flexibility index (Phi) is 5.74. The lowest BCUT2D eigenvalue weighted by atomic mass is 9.99. The number of hydrogen-bond donors (Lipinski definition) is 1. The van der Waals surface area contributed by atoms with Crippen LogP contribution in [0.15, 0.2) is 67.0 Å². The number of nitrogens with zero attached hydrogens (tertiary/aromatic N) is 3. The van der Waals surface area contributed by atoms with Gasteiger partial charge in [-0.25, -0.2) is 13.8 Å². The molecule has 33 heavy (non-hydrogen) atoms. The second-order valence-corrected chi connectivity index (χ2v) is 9.00. The fourth-order valence-corrected chi connectivity index (χ4v) is 5.15. The predicted molar refractivity (Wildman–Crippen MR) is 130 cm³/mol. The topological polar surface area (TPSA) is 41.1 Å². The van der Waals surface area contributed by atoms with Crippen LogP contribution in [0.4, 0.5) is 13.9 Å². The average Bonchev–Trinajstić information content (AvgIpc) is 3.15. The Morgan fingerprint density at radius 1 is 1.06 bits per heavy atom. The fraction of sp³-hybridized carbons (Fsp3) is 0.154. The van der Waals surface area contributed by atoms with Gasteiger partial charge in [0.15, 0.2) is 5.13 Å². The van der Waals surface area contributed by atoms with E-state index in [0.29, 0.717) is 17.4 Å². The van der Waals surface area contributed by atoms with E-state index in [2.05, 4.69) is 40.4 Å². The maximum atomic E-state index is 14.4. The summed E-state index contributed by atoms with van der Waals surface area (Å²) >= 11 is 1.50. The molecule has 5 rings (SSSR count). The number of allylic oxidation sites excluding steroid dienone is 1. The molecule has 0 unspecified atom stereocenters. The molecule has 166 valence electrons. The number of pyridine rings is 1. The summed E-state index contributed by atoms with van der Waals surface area (Å²) in [6, 6.07) is 14.3. The van der Waals surface area contributed by atoms with Crippen molar-refractivity contribution in [3.63, 3.8) is 0 Å². The summed E-state index contributed by atoms with van der Waals surface area (Å²) in [4.78, 5) is 12.3. The highest BCUT2D eigenvalue weighted by Crippen LogP contribution is 2.41. The van der Waals surface area contributed by atoms with Crippen LogP contribution in [-0.4, -0.2) is 21.9 Å². The number of thiazole rings is 1. The number of benzene rings is 2. The van der Waals surface area contributed by atoms with Gasteiger partial charge in [-0.15, -0.1) is 0 Å². The van der Waals surface area contributed by atoms with Gasteiger partial charge < -0.3 is 5.32 Å². The van der Waals surface area contributed by atoms with Crippen molar-refractivity contribution in [1.82, 2.24) is 14.9 Å². The third-order valence-corrected chi connectivity index (χ3v) is 6.72.